The largest absolute Gasteiger partial charge is 0.297 e. The first kappa shape index (κ1) is 13.6. The number of hydrogen-bond donors (Lipinski definition) is 0. The summed E-state index contributed by atoms with van der Waals surface area (Å²) >= 11 is 1.92. The van der Waals surface area contributed by atoms with Crippen molar-refractivity contribution >= 4 is 32.4 Å². The molecular formula is C9H13IN2O3S. The molecule has 0 aliphatic carbocycles. The number of rotatable bonds is 4. The Bertz CT molecular complexity index is 536. The number of nitrogens with zero attached hydrogens (tertiary/aromatic N) is 2. The molecule has 0 bridgehead atoms. The van der Waals surface area contributed by atoms with Crippen LogP contribution in [-0.4, -0.2) is 29.5 Å². The van der Waals surface area contributed by atoms with Crippen molar-refractivity contribution in [1.82, 2.24) is 9.55 Å². The molecule has 0 spiro atoms. The summed E-state index contributed by atoms with van der Waals surface area (Å²) in [7, 11) is -3.05. The van der Waals surface area contributed by atoms with Crippen molar-refractivity contribution in [2.24, 2.45) is 0 Å². The SMILES string of the molecule is CCS(=O)(=O)CCn1cnc(C)c(I)c1=O. The molecule has 1 rings (SSSR count). The van der Waals surface area contributed by atoms with Crippen LogP contribution < -0.4 is 5.56 Å². The lowest BCUT2D eigenvalue weighted by Crippen LogP contribution is -2.27. The van der Waals surface area contributed by atoms with Gasteiger partial charge in [-0.2, -0.15) is 0 Å². The third kappa shape index (κ3) is 3.27. The zero-order valence-electron chi connectivity index (χ0n) is 9.10. The number of halogens is 1. The van der Waals surface area contributed by atoms with Gasteiger partial charge in [0.05, 0.1) is 21.3 Å². The van der Waals surface area contributed by atoms with Gasteiger partial charge in [0.25, 0.3) is 5.56 Å². The monoisotopic (exact) mass is 356 g/mol. The summed E-state index contributed by atoms with van der Waals surface area (Å²) in [6.07, 6.45) is 1.39. The van der Waals surface area contributed by atoms with Gasteiger partial charge in [-0.25, -0.2) is 13.4 Å². The average molecular weight is 356 g/mol. The van der Waals surface area contributed by atoms with E-state index >= 15 is 0 Å². The Morgan fingerprint density at radius 2 is 2.12 bits per heavy atom. The van der Waals surface area contributed by atoms with E-state index in [4.69, 9.17) is 0 Å². The minimum atomic E-state index is -3.05. The highest BCUT2D eigenvalue weighted by Gasteiger charge is 2.10. The van der Waals surface area contributed by atoms with E-state index in [0.29, 0.717) is 9.26 Å². The van der Waals surface area contributed by atoms with Crippen molar-refractivity contribution in [2.75, 3.05) is 11.5 Å². The van der Waals surface area contributed by atoms with Crippen LogP contribution in [0.1, 0.15) is 12.6 Å². The molecule has 16 heavy (non-hydrogen) atoms. The maximum atomic E-state index is 11.7. The summed E-state index contributed by atoms with van der Waals surface area (Å²) in [6.45, 7) is 3.50. The molecule has 0 atom stereocenters. The van der Waals surface area contributed by atoms with Gasteiger partial charge >= 0.3 is 0 Å². The second kappa shape index (κ2) is 5.26. The molecule has 0 aliphatic rings. The molecule has 7 heteroatoms. The number of aryl methyl sites for hydroxylation is 2. The Labute approximate surface area is 108 Å². The lowest BCUT2D eigenvalue weighted by atomic mass is 10.4. The second-order valence-electron chi connectivity index (χ2n) is 3.38. The summed E-state index contributed by atoms with van der Waals surface area (Å²) in [5.41, 5.74) is 0.486. The first-order chi connectivity index (χ1) is 7.37. The Balaban J connectivity index is 2.93. The van der Waals surface area contributed by atoms with E-state index in [0.717, 1.165) is 0 Å². The highest BCUT2D eigenvalue weighted by atomic mass is 127. The van der Waals surface area contributed by atoms with Crippen LogP contribution >= 0.6 is 22.6 Å². The second-order valence-corrected chi connectivity index (χ2v) is 6.93. The molecule has 0 aromatic carbocycles. The van der Waals surface area contributed by atoms with Gasteiger partial charge in [-0.1, -0.05) is 6.92 Å². The molecule has 0 fully saturated rings. The predicted octanol–water partition coefficient (Wildman–Crippen LogP) is 0.591. The topological polar surface area (TPSA) is 69.0 Å². The summed E-state index contributed by atoms with van der Waals surface area (Å²) < 4.78 is 24.5. The van der Waals surface area contributed by atoms with E-state index in [-0.39, 0.29) is 23.6 Å². The van der Waals surface area contributed by atoms with Crippen molar-refractivity contribution in [3.8, 4) is 0 Å². The Morgan fingerprint density at radius 3 is 2.69 bits per heavy atom. The Kier molecular flexibility index (Phi) is 4.48. The quantitative estimate of drug-likeness (QED) is 0.741. The molecule has 1 aromatic rings. The first-order valence-electron chi connectivity index (χ1n) is 4.79. The highest BCUT2D eigenvalue weighted by Crippen LogP contribution is 2.01. The maximum Gasteiger partial charge on any atom is 0.267 e. The van der Waals surface area contributed by atoms with E-state index in [1.54, 1.807) is 13.8 Å². The fourth-order valence-corrected chi connectivity index (χ4v) is 2.30. The number of aromatic nitrogens is 2. The van der Waals surface area contributed by atoms with Crippen LogP contribution in [0.3, 0.4) is 0 Å². The van der Waals surface area contributed by atoms with E-state index in [9.17, 15) is 13.2 Å². The zero-order valence-corrected chi connectivity index (χ0v) is 12.1. The number of hydrogen-bond acceptors (Lipinski definition) is 4. The van der Waals surface area contributed by atoms with Gasteiger partial charge < -0.3 is 0 Å². The minimum Gasteiger partial charge on any atom is -0.297 e. The molecule has 0 aliphatic heterocycles. The van der Waals surface area contributed by atoms with Gasteiger partial charge in [-0.05, 0) is 29.5 Å². The lowest BCUT2D eigenvalue weighted by Gasteiger charge is -2.06. The van der Waals surface area contributed by atoms with Crippen molar-refractivity contribution in [3.63, 3.8) is 0 Å². The molecule has 0 saturated carbocycles. The molecule has 1 heterocycles. The average Bonchev–Trinajstić information content (AvgIpc) is 2.25. The first-order valence-corrected chi connectivity index (χ1v) is 7.69. The Morgan fingerprint density at radius 1 is 1.50 bits per heavy atom. The molecule has 5 nitrogen and oxygen atoms in total. The van der Waals surface area contributed by atoms with Gasteiger partial charge in [-0.15, -0.1) is 0 Å². The summed E-state index contributed by atoms with van der Waals surface area (Å²) in [5.74, 6) is 0.0718. The summed E-state index contributed by atoms with van der Waals surface area (Å²) in [4.78, 5) is 15.7. The maximum absolute atomic E-state index is 11.7. The van der Waals surface area contributed by atoms with Crippen LogP contribution in [-0.2, 0) is 16.4 Å². The Hall–Kier alpha value is -0.440. The van der Waals surface area contributed by atoms with Crippen LogP contribution in [0.15, 0.2) is 11.1 Å². The predicted molar refractivity (Wildman–Crippen MR) is 70.3 cm³/mol. The summed E-state index contributed by atoms with van der Waals surface area (Å²) in [6, 6.07) is 0. The molecular weight excluding hydrogens is 343 g/mol. The van der Waals surface area contributed by atoms with Gasteiger partial charge in [-0.3, -0.25) is 9.36 Å². The third-order valence-corrected chi connectivity index (χ3v) is 5.17. The van der Waals surface area contributed by atoms with Crippen molar-refractivity contribution in [3.05, 3.63) is 25.9 Å². The third-order valence-electron chi connectivity index (χ3n) is 2.24. The van der Waals surface area contributed by atoms with Gasteiger partial charge in [0.2, 0.25) is 0 Å². The fourth-order valence-electron chi connectivity index (χ4n) is 1.09. The van der Waals surface area contributed by atoms with Crippen molar-refractivity contribution in [1.29, 1.82) is 0 Å². The van der Waals surface area contributed by atoms with Crippen LogP contribution in [0.25, 0.3) is 0 Å². The van der Waals surface area contributed by atoms with Gasteiger partial charge in [0, 0.05) is 12.3 Å². The molecule has 0 unspecified atom stereocenters. The van der Waals surface area contributed by atoms with Crippen LogP contribution in [0.2, 0.25) is 0 Å². The van der Waals surface area contributed by atoms with E-state index in [1.165, 1.54) is 10.9 Å². The molecule has 0 radical (unpaired) electrons. The highest BCUT2D eigenvalue weighted by molar-refractivity contribution is 14.1. The van der Waals surface area contributed by atoms with Gasteiger partial charge in [0.15, 0.2) is 9.84 Å². The van der Waals surface area contributed by atoms with E-state index < -0.39 is 9.84 Å². The van der Waals surface area contributed by atoms with Crippen LogP contribution in [0.4, 0.5) is 0 Å². The van der Waals surface area contributed by atoms with E-state index in [1.807, 2.05) is 22.6 Å². The van der Waals surface area contributed by atoms with Crippen molar-refractivity contribution < 1.29 is 8.42 Å². The summed E-state index contributed by atoms with van der Waals surface area (Å²) in [5, 5.41) is 0. The molecule has 1 aromatic heterocycles. The molecule has 0 N–H and O–H groups in total. The molecule has 0 amide bonds. The number of sulfone groups is 1. The van der Waals surface area contributed by atoms with Gasteiger partial charge in [0.1, 0.15) is 0 Å². The lowest BCUT2D eigenvalue weighted by molar-refractivity contribution is 0.586. The molecule has 0 saturated heterocycles. The fraction of sp³-hybridized carbons (Fsp3) is 0.556. The smallest absolute Gasteiger partial charge is 0.267 e. The molecule has 90 valence electrons. The minimum absolute atomic E-state index is 0.0236. The van der Waals surface area contributed by atoms with E-state index in [2.05, 4.69) is 4.98 Å². The standard InChI is InChI=1S/C9H13IN2O3S/c1-3-16(14,15)5-4-12-6-11-7(2)8(10)9(12)13/h6H,3-5H2,1-2H3. The normalized spacial score (nSPS) is 11.7. The van der Waals surface area contributed by atoms with Crippen LogP contribution in [0.5, 0.6) is 0 Å². The van der Waals surface area contributed by atoms with Crippen LogP contribution in [0, 0.1) is 10.5 Å². The zero-order chi connectivity index (χ0) is 12.3. The van der Waals surface area contributed by atoms with Crippen molar-refractivity contribution in [2.45, 2.75) is 20.4 Å².